The van der Waals surface area contributed by atoms with E-state index in [9.17, 15) is 19.2 Å². The Morgan fingerprint density at radius 1 is 1.23 bits per heavy atom. The third-order valence-corrected chi connectivity index (χ3v) is 4.94. The lowest BCUT2D eigenvalue weighted by Crippen LogP contribution is -2.52. The Morgan fingerprint density at radius 3 is 2.57 bits per heavy atom. The van der Waals surface area contributed by atoms with Crippen LogP contribution in [0.3, 0.4) is 0 Å². The molecule has 1 aliphatic rings. The summed E-state index contributed by atoms with van der Waals surface area (Å²) in [5.41, 5.74) is 0.829. The molecule has 1 aromatic carbocycles. The molecule has 8 nitrogen and oxygen atoms in total. The molecule has 1 aliphatic heterocycles. The van der Waals surface area contributed by atoms with Gasteiger partial charge in [-0.15, -0.1) is 0 Å². The van der Waals surface area contributed by atoms with Crippen LogP contribution in [-0.2, 0) is 25.7 Å². The van der Waals surface area contributed by atoms with E-state index in [1.807, 2.05) is 37.3 Å². The lowest BCUT2D eigenvalue weighted by Gasteiger charge is -2.23. The number of amides is 3. The number of hydrogen-bond acceptors (Lipinski definition) is 5. The lowest BCUT2D eigenvalue weighted by atomic mass is 9.95. The van der Waals surface area contributed by atoms with Crippen LogP contribution in [0.15, 0.2) is 43.0 Å². The third-order valence-electron chi connectivity index (χ3n) is 4.94. The van der Waals surface area contributed by atoms with E-state index in [4.69, 9.17) is 4.74 Å². The van der Waals surface area contributed by atoms with E-state index in [-0.39, 0.29) is 30.6 Å². The molecule has 1 saturated heterocycles. The summed E-state index contributed by atoms with van der Waals surface area (Å²) < 4.78 is 5.18. The topological polar surface area (TPSA) is 114 Å². The summed E-state index contributed by atoms with van der Waals surface area (Å²) in [5.74, 6) is -1.33. The Morgan fingerprint density at radius 2 is 1.97 bits per heavy atom. The van der Waals surface area contributed by atoms with Crippen molar-refractivity contribution in [2.45, 2.75) is 51.3 Å². The molecule has 162 valence electrons. The largest absolute Gasteiger partial charge is 0.445 e. The van der Waals surface area contributed by atoms with Gasteiger partial charge in [-0.05, 0) is 30.9 Å². The Hall–Kier alpha value is -3.16. The maximum absolute atomic E-state index is 12.8. The molecule has 2 rings (SSSR count). The fourth-order valence-corrected chi connectivity index (χ4v) is 3.28. The van der Waals surface area contributed by atoms with E-state index in [0.717, 1.165) is 11.6 Å². The Balaban J connectivity index is 1.95. The van der Waals surface area contributed by atoms with Crippen LogP contribution in [0.5, 0.6) is 0 Å². The fraction of sp³-hybridized carbons (Fsp3) is 0.455. The average Bonchev–Trinajstić information content (AvgIpc) is 3.16. The highest BCUT2D eigenvalue weighted by Gasteiger charge is 2.32. The van der Waals surface area contributed by atoms with E-state index >= 15 is 0 Å². The molecule has 0 bridgehead atoms. The highest BCUT2D eigenvalue weighted by molar-refractivity contribution is 5.98. The number of alkyl carbamates (subject to hydrolysis) is 1. The first-order chi connectivity index (χ1) is 14.4. The van der Waals surface area contributed by atoms with Gasteiger partial charge in [0.05, 0.1) is 6.04 Å². The maximum Gasteiger partial charge on any atom is 0.408 e. The summed E-state index contributed by atoms with van der Waals surface area (Å²) in [4.78, 5) is 49.0. The summed E-state index contributed by atoms with van der Waals surface area (Å²) in [6.45, 7) is 6.00. The third kappa shape index (κ3) is 7.02. The highest BCUT2D eigenvalue weighted by Crippen LogP contribution is 2.17. The average molecular weight is 415 g/mol. The minimum absolute atomic E-state index is 0.0848. The molecule has 3 amide bonds. The molecule has 1 aromatic rings. The smallest absolute Gasteiger partial charge is 0.408 e. The van der Waals surface area contributed by atoms with Gasteiger partial charge in [-0.25, -0.2) is 4.79 Å². The monoisotopic (exact) mass is 415 g/mol. The van der Waals surface area contributed by atoms with E-state index in [1.54, 1.807) is 0 Å². The first kappa shape index (κ1) is 23.1. The van der Waals surface area contributed by atoms with Crippen LogP contribution in [0.1, 0.15) is 38.2 Å². The van der Waals surface area contributed by atoms with Gasteiger partial charge in [-0.3, -0.25) is 14.4 Å². The van der Waals surface area contributed by atoms with E-state index in [0.29, 0.717) is 25.8 Å². The van der Waals surface area contributed by atoms with Crippen molar-refractivity contribution in [1.29, 1.82) is 0 Å². The quantitative estimate of drug-likeness (QED) is 0.477. The molecule has 1 heterocycles. The van der Waals surface area contributed by atoms with Crippen molar-refractivity contribution >= 4 is 23.7 Å². The molecule has 30 heavy (non-hydrogen) atoms. The van der Waals surface area contributed by atoms with Gasteiger partial charge < -0.3 is 20.7 Å². The summed E-state index contributed by atoms with van der Waals surface area (Å²) in [6, 6.07) is 7.47. The van der Waals surface area contributed by atoms with Crippen molar-refractivity contribution in [3.05, 3.63) is 48.6 Å². The fourth-order valence-electron chi connectivity index (χ4n) is 3.28. The molecule has 0 unspecified atom stereocenters. The molecule has 0 aromatic heterocycles. The Bertz CT molecular complexity index is 765. The second kappa shape index (κ2) is 11.7. The molecule has 0 spiro atoms. The van der Waals surface area contributed by atoms with Gasteiger partial charge in [0.15, 0.2) is 5.78 Å². The van der Waals surface area contributed by atoms with Gasteiger partial charge in [-0.2, -0.15) is 0 Å². The van der Waals surface area contributed by atoms with Crippen LogP contribution in [0.2, 0.25) is 0 Å². The molecular formula is C22H29N3O5. The minimum atomic E-state index is -0.870. The van der Waals surface area contributed by atoms with Gasteiger partial charge in [-0.1, -0.05) is 50.3 Å². The SMILES string of the molecule is C=CC(=O)[C@H](C[C@@H]1CCNC1=O)NC(=O)[C@H](CCC)NC(=O)OCc1ccccc1. The predicted octanol–water partition coefficient (Wildman–Crippen LogP) is 1.85. The van der Waals surface area contributed by atoms with E-state index in [1.165, 1.54) is 0 Å². The number of ether oxygens (including phenoxy) is 1. The maximum atomic E-state index is 12.8. The predicted molar refractivity (Wildman–Crippen MR) is 111 cm³/mol. The number of hydrogen-bond donors (Lipinski definition) is 3. The first-order valence-corrected chi connectivity index (χ1v) is 10.2. The second-order valence-electron chi connectivity index (χ2n) is 7.23. The van der Waals surface area contributed by atoms with Crippen LogP contribution in [0.25, 0.3) is 0 Å². The molecule has 1 fully saturated rings. The minimum Gasteiger partial charge on any atom is -0.445 e. The number of carbonyl (C=O) groups excluding carboxylic acids is 4. The van der Waals surface area contributed by atoms with Crippen molar-refractivity contribution in [1.82, 2.24) is 16.0 Å². The molecule has 3 atom stereocenters. The zero-order valence-corrected chi connectivity index (χ0v) is 17.2. The summed E-state index contributed by atoms with van der Waals surface area (Å²) in [6.07, 6.45) is 2.24. The summed E-state index contributed by atoms with van der Waals surface area (Å²) >= 11 is 0. The highest BCUT2D eigenvalue weighted by atomic mass is 16.5. The van der Waals surface area contributed by atoms with Crippen LogP contribution in [0, 0.1) is 5.92 Å². The zero-order valence-electron chi connectivity index (χ0n) is 17.2. The summed E-state index contributed by atoms with van der Waals surface area (Å²) in [7, 11) is 0. The number of rotatable bonds is 11. The van der Waals surface area contributed by atoms with E-state index in [2.05, 4.69) is 22.5 Å². The molecule has 0 radical (unpaired) electrons. The molecule has 3 N–H and O–H groups in total. The number of nitrogens with one attached hydrogen (secondary N) is 3. The summed E-state index contributed by atoms with van der Waals surface area (Å²) in [5, 5.41) is 7.95. The van der Waals surface area contributed by atoms with Crippen LogP contribution in [-0.4, -0.2) is 42.3 Å². The molecule has 0 saturated carbocycles. The van der Waals surface area contributed by atoms with Crippen molar-refractivity contribution in [2.75, 3.05) is 6.54 Å². The Kier molecular flexibility index (Phi) is 9.05. The van der Waals surface area contributed by atoms with Crippen LogP contribution < -0.4 is 16.0 Å². The van der Waals surface area contributed by atoms with Crippen molar-refractivity contribution in [2.24, 2.45) is 5.92 Å². The normalized spacial score (nSPS) is 17.4. The lowest BCUT2D eigenvalue weighted by molar-refractivity contribution is -0.129. The zero-order chi connectivity index (χ0) is 21.9. The van der Waals surface area contributed by atoms with Gasteiger partial charge in [0.25, 0.3) is 0 Å². The van der Waals surface area contributed by atoms with Gasteiger partial charge in [0.1, 0.15) is 12.6 Å². The van der Waals surface area contributed by atoms with Gasteiger partial charge in [0, 0.05) is 12.5 Å². The van der Waals surface area contributed by atoms with Crippen LogP contribution in [0.4, 0.5) is 4.79 Å². The Labute approximate surface area is 176 Å². The standard InChI is InChI=1S/C22H29N3O5/c1-3-8-17(25-22(29)30-14-15-9-6-5-7-10-15)21(28)24-18(19(26)4-2)13-16-11-12-23-20(16)27/h4-7,9-10,16-18H,2-3,8,11-14H2,1H3,(H,23,27)(H,24,28)(H,25,29)/t16-,17-,18-/m0/s1. The number of ketones is 1. The first-order valence-electron chi connectivity index (χ1n) is 10.2. The van der Waals surface area contributed by atoms with Crippen LogP contribution >= 0.6 is 0 Å². The molecular weight excluding hydrogens is 386 g/mol. The van der Waals surface area contributed by atoms with E-state index < -0.39 is 24.1 Å². The number of carbonyl (C=O) groups is 4. The van der Waals surface area contributed by atoms with Crippen molar-refractivity contribution < 1.29 is 23.9 Å². The van der Waals surface area contributed by atoms with Gasteiger partial charge >= 0.3 is 6.09 Å². The van der Waals surface area contributed by atoms with Crippen molar-refractivity contribution in [3.63, 3.8) is 0 Å². The van der Waals surface area contributed by atoms with Gasteiger partial charge in [0.2, 0.25) is 11.8 Å². The molecule has 0 aliphatic carbocycles. The number of benzene rings is 1. The second-order valence-corrected chi connectivity index (χ2v) is 7.23. The molecule has 8 heteroatoms. The van der Waals surface area contributed by atoms with Crippen molar-refractivity contribution in [3.8, 4) is 0 Å².